The van der Waals surface area contributed by atoms with Crippen molar-refractivity contribution >= 4 is 15.5 Å². The van der Waals surface area contributed by atoms with Gasteiger partial charge in [-0.05, 0) is 30.3 Å². The monoisotopic (exact) mass is 404 g/mol. The molecule has 0 saturated heterocycles. The molecule has 0 unspecified atom stereocenters. The molecule has 4 rings (SSSR count). The first-order chi connectivity index (χ1) is 13.3. The lowest BCUT2D eigenvalue weighted by atomic mass is 10.2. The van der Waals surface area contributed by atoms with E-state index in [4.69, 9.17) is 0 Å². The lowest BCUT2D eigenvalue weighted by molar-refractivity contribution is -0.137. The lowest BCUT2D eigenvalue weighted by Crippen LogP contribution is -2.10. The number of aromatic nitrogens is 4. The molecule has 0 atom stereocenters. The summed E-state index contributed by atoms with van der Waals surface area (Å²) in [6.45, 7) is 0. The quantitative estimate of drug-likeness (QED) is 0.521. The van der Waals surface area contributed by atoms with Crippen LogP contribution in [0.1, 0.15) is 5.56 Å². The average molecular weight is 404 g/mol. The standard InChI is InChI=1S/C18H11F3N4O2S/c19-18(20,21)13-7-4-8-14(11-13)28(26,27)16-10-9-15-22-23-17(25(15)24-16)12-5-2-1-3-6-12/h1-11H. The van der Waals surface area contributed by atoms with Gasteiger partial charge in [-0.25, -0.2) is 8.42 Å². The Hall–Kier alpha value is -3.27. The number of sulfone groups is 1. The fourth-order valence-corrected chi connectivity index (χ4v) is 3.86. The molecular formula is C18H11F3N4O2S. The van der Waals surface area contributed by atoms with Gasteiger partial charge in [-0.1, -0.05) is 36.4 Å². The number of halogens is 3. The minimum absolute atomic E-state index is 0.307. The van der Waals surface area contributed by atoms with Crippen molar-refractivity contribution < 1.29 is 21.6 Å². The largest absolute Gasteiger partial charge is 0.416 e. The van der Waals surface area contributed by atoms with Crippen LogP contribution in [0.25, 0.3) is 17.0 Å². The van der Waals surface area contributed by atoms with Crippen LogP contribution in [0, 0.1) is 0 Å². The molecule has 4 aromatic rings. The van der Waals surface area contributed by atoms with Crippen molar-refractivity contribution in [3.05, 3.63) is 72.3 Å². The van der Waals surface area contributed by atoms with Crippen molar-refractivity contribution in [1.29, 1.82) is 0 Å². The maximum Gasteiger partial charge on any atom is 0.416 e. The second-order valence-corrected chi connectivity index (χ2v) is 7.76. The highest BCUT2D eigenvalue weighted by atomic mass is 32.2. The molecule has 2 aromatic heterocycles. The second-order valence-electron chi connectivity index (χ2n) is 5.86. The van der Waals surface area contributed by atoms with Crippen LogP contribution in [0.3, 0.4) is 0 Å². The Bertz CT molecular complexity index is 1270. The molecule has 142 valence electrons. The van der Waals surface area contributed by atoms with Gasteiger partial charge in [0.05, 0.1) is 10.5 Å². The number of alkyl halides is 3. The molecule has 0 N–H and O–H groups in total. The zero-order chi connectivity index (χ0) is 19.9. The van der Waals surface area contributed by atoms with E-state index < -0.39 is 31.5 Å². The van der Waals surface area contributed by atoms with E-state index in [-0.39, 0.29) is 0 Å². The zero-order valence-corrected chi connectivity index (χ0v) is 14.8. The molecule has 0 bridgehead atoms. The lowest BCUT2D eigenvalue weighted by Gasteiger charge is -2.09. The highest BCUT2D eigenvalue weighted by Gasteiger charge is 2.32. The Morgan fingerprint density at radius 1 is 0.857 bits per heavy atom. The van der Waals surface area contributed by atoms with Gasteiger partial charge >= 0.3 is 6.18 Å². The van der Waals surface area contributed by atoms with Crippen molar-refractivity contribution in [2.24, 2.45) is 0 Å². The van der Waals surface area contributed by atoms with Gasteiger partial charge in [0.25, 0.3) is 0 Å². The topological polar surface area (TPSA) is 77.2 Å². The van der Waals surface area contributed by atoms with Crippen molar-refractivity contribution in [3.8, 4) is 11.4 Å². The van der Waals surface area contributed by atoms with Gasteiger partial charge in [-0.15, -0.1) is 10.2 Å². The molecule has 2 aromatic carbocycles. The molecule has 0 aliphatic heterocycles. The molecule has 0 saturated carbocycles. The summed E-state index contributed by atoms with van der Waals surface area (Å²) in [5.74, 6) is 0.316. The summed E-state index contributed by atoms with van der Waals surface area (Å²) in [5, 5.41) is 11.6. The van der Waals surface area contributed by atoms with E-state index in [9.17, 15) is 21.6 Å². The third kappa shape index (κ3) is 3.11. The number of fused-ring (bicyclic) bond motifs is 1. The van der Waals surface area contributed by atoms with E-state index in [1.807, 2.05) is 6.07 Å². The first-order valence-electron chi connectivity index (χ1n) is 7.97. The van der Waals surface area contributed by atoms with Crippen LogP contribution >= 0.6 is 0 Å². The first-order valence-corrected chi connectivity index (χ1v) is 9.45. The molecule has 2 heterocycles. The summed E-state index contributed by atoms with van der Waals surface area (Å²) < 4.78 is 65.7. The Labute approximate surface area is 157 Å². The van der Waals surface area contributed by atoms with Crippen LogP contribution in [0.5, 0.6) is 0 Å². The van der Waals surface area contributed by atoms with Gasteiger partial charge in [0.1, 0.15) is 0 Å². The molecule has 0 amide bonds. The Balaban J connectivity index is 1.85. The smallest absolute Gasteiger partial charge is 0.217 e. The number of hydrogen-bond acceptors (Lipinski definition) is 5. The molecular weight excluding hydrogens is 393 g/mol. The molecule has 28 heavy (non-hydrogen) atoms. The van der Waals surface area contributed by atoms with Crippen molar-refractivity contribution in [2.75, 3.05) is 0 Å². The highest BCUT2D eigenvalue weighted by molar-refractivity contribution is 7.91. The maximum absolute atomic E-state index is 12.9. The fourth-order valence-electron chi connectivity index (χ4n) is 2.64. The zero-order valence-electron chi connectivity index (χ0n) is 14.0. The Kier molecular flexibility index (Phi) is 4.15. The van der Waals surface area contributed by atoms with Crippen LogP contribution in [0.15, 0.2) is 76.7 Å². The van der Waals surface area contributed by atoms with Crippen LogP contribution in [0.4, 0.5) is 13.2 Å². The van der Waals surface area contributed by atoms with Crippen molar-refractivity contribution in [2.45, 2.75) is 16.1 Å². The fraction of sp³-hybridized carbons (Fsp3) is 0.0556. The van der Waals surface area contributed by atoms with E-state index in [0.29, 0.717) is 23.1 Å². The van der Waals surface area contributed by atoms with E-state index in [1.165, 1.54) is 16.6 Å². The molecule has 0 aliphatic rings. The maximum atomic E-state index is 12.9. The minimum Gasteiger partial charge on any atom is -0.217 e. The summed E-state index contributed by atoms with van der Waals surface area (Å²) in [6, 6.07) is 15.0. The molecule has 6 nitrogen and oxygen atoms in total. The van der Waals surface area contributed by atoms with Crippen LogP contribution in [-0.2, 0) is 16.0 Å². The van der Waals surface area contributed by atoms with E-state index in [1.54, 1.807) is 24.3 Å². The predicted octanol–water partition coefficient (Wildman–Crippen LogP) is 3.64. The molecule has 0 radical (unpaired) electrons. The van der Waals surface area contributed by atoms with Crippen LogP contribution in [-0.4, -0.2) is 28.2 Å². The first kappa shape index (κ1) is 18.1. The van der Waals surface area contributed by atoms with Gasteiger partial charge in [0, 0.05) is 5.56 Å². The number of nitrogens with zero attached hydrogens (tertiary/aromatic N) is 4. The van der Waals surface area contributed by atoms with Crippen LogP contribution in [0.2, 0.25) is 0 Å². The Morgan fingerprint density at radius 2 is 1.61 bits per heavy atom. The summed E-state index contributed by atoms with van der Waals surface area (Å²) in [5.41, 5.74) is -0.0816. The number of rotatable bonds is 3. The summed E-state index contributed by atoms with van der Waals surface area (Å²) in [4.78, 5) is -0.497. The highest BCUT2D eigenvalue weighted by Crippen LogP contribution is 2.31. The van der Waals surface area contributed by atoms with Gasteiger partial charge in [-0.3, -0.25) is 0 Å². The summed E-state index contributed by atoms with van der Waals surface area (Å²) >= 11 is 0. The molecule has 0 spiro atoms. The number of benzene rings is 2. The van der Waals surface area contributed by atoms with Gasteiger partial charge in [0.15, 0.2) is 16.5 Å². The van der Waals surface area contributed by atoms with Crippen molar-refractivity contribution in [1.82, 2.24) is 19.8 Å². The van der Waals surface area contributed by atoms with Gasteiger partial charge in [0.2, 0.25) is 9.84 Å². The third-order valence-electron chi connectivity index (χ3n) is 4.02. The second kappa shape index (κ2) is 6.41. The average Bonchev–Trinajstić information content (AvgIpc) is 3.11. The van der Waals surface area contributed by atoms with Gasteiger partial charge in [-0.2, -0.15) is 22.8 Å². The van der Waals surface area contributed by atoms with E-state index >= 15 is 0 Å². The normalized spacial score (nSPS) is 12.4. The summed E-state index contributed by atoms with van der Waals surface area (Å²) in [7, 11) is -4.28. The third-order valence-corrected chi connectivity index (χ3v) is 5.66. The van der Waals surface area contributed by atoms with Crippen LogP contribution < -0.4 is 0 Å². The summed E-state index contributed by atoms with van der Waals surface area (Å²) in [6.07, 6.45) is -4.66. The predicted molar refractivity (Wildman–Crippen MR) is 93.1 cm³/mol. The van der Waals surface area contributed by atoms with Crippen molar-refractivity contribution in [3.63, 3.8) is 0 Å². The molecule has 10 heteroatoms. The molecule has 0 aliphatic carbocycles. The van der Waals surface area contributed by atoms with E-state index in [0.717, 1.165) is 18.2 Å². The van der Waals surface area contributed by atoms with Gasteiger partial charge < -0.3 is 0 Å². The molecule has 0 fully saturated rings. The van der Waals surface area contributed by atoms with E-state index in [2.05, 4.69) is 15.3 Å². The number of hydrogen-bond donors (Lipinski definition) is 0. The minimum atomic E-state index is -4.66. The Morgan fingerprint density at radius 3 is 2.32 bits per heavy atom. The SMILES string of the molecule is O=S(=O)(c1cccc(C(F)(F)F)c1)c1ccc2nnc(-c3ccccc3)n2n1.